The van der Waals surface area contributed by atoms with Crippen molar-refractivity contribution < 1.29 is 9.18 Å². The van der Waals surface area contributed by atoms with Crippen molar-refractivity contribution in [2.45, 2.75) is 0 Å². The lowest BCUT2D eigenvalue weighted by atomic mass is 10.3. The molecule has 0 spiro atoms. The highest BCUT2D eigenvalue weighted by molar-refractivity contribution is 9.10. The molecule has 86 valence electrons. The van der Waals surface area contributed by atoms with Crippen LogP contribution >= 0.6 is 15.9 Å². The van der Waals surface area contributed by atoms with Crippen LogP contribution in [0.5, 0.6) is 0 Å². The predicted molar refractivity (Wildman–Crippen MR) is 65.8 cm³/mol. The lowest BCUT2D eigenvalue weighted by Crippen LogP contribution is -2.28. The van der Waals surface area contributed by atoms with Gasteiger partial charge in [0.15, 0.2) is 0 Å². The van der Waals surface area contributed by atoms with E-state index in [-0.39, 0.29) is 18.1 Å². The largest absolute Gasteiger partial charge is 0.322 e. The molecular weight excluding hydrogens is 275 g/mol. The minimum absolute atomic E-state index is 0.123. The lowest BCUT2D eigenvalue weighted by molar-refractivity contribution is -0.115. The summed E-state index contributed by atoms with van der Waals surface area (Å²) in [6, 6.07) is 4.37. The van der Waals surface area contributed by atoms with E-state index in [0.717, 1.165) is 0 Å². The molecule has 0 fully saturated rings. The van der Waals surface area contributed by atoms with E-state index < -0.39 is 5.82 Å². The number of benzene rings is 1. The summed E-state index contributed by atoms with van der Waals surface area (Å²) in [6.45, 7) is 4.17. The summed E-state index contributed by atoms with van der Waals surface area (Å²) in [5.74, 6) is -0.751. The summed E-state index contributed by atoms with van der Waals surface area (Å²) in [6.07, 6.45) is 1.65. The van der Waals surface area contributed by atoms with E-state index in [0.29, 0.717) is 11.0 Å². The van der Waals surface area contributed by atoms with Crippen LogP contribution in [0.4, 0.5) is 10.1 Å². The maximum atomic E-state index is 13.2. The molecule has 0 aliphatic carbocycles. The Balaban J connectivity index is 2.55. The van der Waals surface area contributed by atoms with Gasteiger partial charge in [-0.25, -0.2) is 4.39 Å². The summed E-state index contributed by atoms with van der Waals surface area (Å²) < 4.78 is 14.0. The molecule has 1 amide bonds. The molecule has 0 atom stereocenters. The van der Waals surface area contributed by atoms with Gasteiger partial charge in [-0.2, -0.15) is 0 Å². The summed E-state index contributed by atoms with van der Waals surface area (Å²) in [7, 11) is 0. The van der Waals surface area contributed by atoms with Crippen LogP contribution in [0, 0.1) is 5.82 Å². The SMILES string of the molecule is C=CCNCC(=O)Nc1cc(Br)ccc1F. The number of rotatable bonds is 5. The van der Waals surface area contributed by atoms with Crippen molar-refractivity contribution in [3.63, 3.8) is 0 Å². The van der Waals surface area contributed by atoms with Gasteiger partial charge in [0.05, 0.1) is 12.2 Å². The number of anilines is 1. The Hall–Kier alpha value is -1.20. The highest BCUT2D eigenvalue weighted by Crippen LogP contribution is 2.19. The highest BCUT2D eigenvalue weighted by atomic mass is 79.9. The third-order valence-corrected chi connectivity index (χ3v) is 2.27. The number of carbonyl (C=O) groups is 1. The number of carbonyl (C=O) groups excluding carboxylic acids is 1. The van der Waals surface area contributed by atoms with E-state index in [2.05, 4.69) is 33.1 Å². The molecule has 0 aliphatic rings. The minimum Gasteiger partial charge on any atom is -0.322 e. The van der Waals surface area contributed by atoms with Crippen molar-refractivity contribution in [1.29, 1.82) is 0 Å². The fourth-order valence-electron chi connectivity index (χ4n) is 1.08. The topological polar surface area (TPSA) is 41.1 Å². The second-order valence-corrected chi connectivity index (χ2v) is 4.01. The third-order valence-electron chi connectivity index (χ3n) is 1.78. The number of nitrogens with one attached hydrogen (secondary N) is 2. The Morgan fingerprint density at radius 1 is 1.56 bits per heavy atom. The van der Waals surface area contributed by atoms with E-state index in [1.807, 2.05) is 0 Å². The molecular formula is C11H12BrFN2O. The maximum absolute atomic E-state index is 13.2. The Morgan fingerprint density at radius 2 is 2.31 bits per heavy atom. The van der Waals surface area contributed by atoms with Gasteiger partial charge in [0.25, 0.3) is 0 Å². The van der Waals surface area contributed by atoms with Crippen LogP contribution in [-0.2, 0) is 4.79 Å². The molecule has 1 aromatic carbocycles. The predicted octanol–water partition coefficient (Wildman–Crippen LogP) is 2.30. The molecule has 0 saturated carbocycles. The Kier molecular flexibility index (Phi) is 5.14. The van der Waals surface area contributed by atoms with E-state index in [1.54, 1.807) is 12.1 Å². The monoisotopic (exact) mass is 286 g/mol. The average molecular weight is 287 g/mol. The van der Waals surface area contributed by atoms with Crippen molar-refractivity contribution in [2.75, 3.05) is 18.4 Å². The van der Waals surface area contributed by atoms with Crippen LogP contribution in [0.25, 0.3) is 0 Å². The molecule has 1 rings (SSSR count). The standard InChI is InChI=1S/C11H12BrFN2O/c1-2-5-14-7-11(16)15-10-6-8(12)3-4-9(10)13/h2-4,6,14H,1,5,7H2,(H,15,16). The third kappa shape index (κ3) is 4.12. The van der Waals surface area contributed by atoms with Gasteiger partial charge in [-0.1, -0.05) is 22.0 Å². The van der Waals surface area contributed by atoms with Crippen molar-refractivity contribution in [1.82, 2.24) is 5.32 Å². The Bertz CT molecular complexity index is 396. The van der Waals surface area contributed by atoms with Crippen LogP contribution in [0.15, 0.2) is 35.3 Å². The van der Waals surface area contributed by atoms with Gasteiger partial charge in [0.1, 0.15) is 5.82 Å². The molecule has 0 heterocycles. The second kappa shape index (κ2) is 6.40. The summed E-state index contributed by atoms with van der Waals surface area (Å²) >= 11 is 3.20. The van der Waals surface area contributed by atoms with Gasteiger partial charge >= 0.3 is 0 Å². The molecule has 0 aliphatic heterocycles. The fraction of sp³-hybridized carbons (Fsp3) is 0.182. The minimum atomic E-state index is -0.458. The number of halogens is 2. The summed E-state index contributed by atoms with van der Waals surface area (Å²) in [4.78, 5) is 11.4. The van der Waals surface area contributed by atoms with Crippen LogP contribution < -0.4 is 10.6 Å². The van der Waals surface area contributed by atoms with Crippen LogP contribution in [-0.4, -0.2) is 19.0 Å². The molecule has 0 aromatic heterocycles. The smallest absolute Gasteiger partial charge is 0.238 e. The first-order valence-electron chi connectivity index (χ1n) is 4.70. The van der Waals surface area contributed by atoms with Gasteiger partial charge in [0.2, 0.25) is 5.91 Å². The van der Waals surface area contributed by atoms with Crippen molar-refractivity contribution in [2.24, 2.45) is 0 Å². The second-order valence-electron chi connectivity index (χ2n) is 3.09. The van der Waals surface area contributed by atoms with Crippen molar-refractivity contribution in [3.05, 3.63) is 41.1 Å². The summed E-state index contributed by atoms with van der Waals surface area (Å²) in [5, 5.41) is 5.29. The van der Waals surface area contributed by atoms with Gasteiger partial charge in [-0.05, 0) is 18.2 Å². The van der Waals surface area contributed by atoms with Crippen molar-refractivity contribution in [3.8, 4) is 0 Å². The molecule has 2 N–H and O–H groups in total. The molecule has 16 heavy (non-hydrogen) atoms. The van der Waals surface area contributed by atoms with Gasteiger partial charge in [0, 0.05) is 11.0 Å². The van der Waals surface area contributed by atoms with Gasteiger partial charge in [-0.15, -0.1) is 6.58 Å². The van der Waals surface area contributed by atoms with E-state index in [1.165, 1.54) is 12.1 Å². The van der Waals surface area contributed by atoms with E-state index >= 15 is 0 Å². The van der Waals surface area contributed by atoms with E-state index in [4.69, 9.17) is 0 Å². The normalized spacial score (nSPS) is 9.88. The zero-order valence-electron chi connectivity index (χ0n) is 8.59. The molecule has 1 aromatic rings. The lowest BCUT2D eigenvalue weighted by Gasteiger charge is -2.07. The molecule has 0 unspecified atom stereocenters. The molecule has 0 saturated heterocycles. The number of hydrogen-bond donors (Lipinski definition) is 2. The molecule has 5 heteroatoms. The first kappa shape index (κ1) is 12.9. The van der Waals surface area contributed by atoms with Gasteiger partial charge in [-0.3, -0.25) is 4.79 Å². The van der Waals surface area contributed by atoms with Gasteiger partial charge < -0.3 is 10.6 Å². The number of amides is 1. The Labute approximate surface area is 102 Å². The zero-order chi connectivity index (χ0) is 12.0. The zero-order valence-corrected chi connectivity index (χ0v) is 10.2. The van der Waals surface area contributed by atoms with E-state index in [9.17, 15) is 9.18 Å². The number of hydrogen-bond acceptors (Lipinski definition) is 2. The van der Waals surface area contributed by atoms with Crippen LogP contribution in [0.3, 0.4) is 0 Å². The fourth-order valence-corrected chi connectivity index (χ4v) is 1.44. The average Bonchev–Trinajstić information content (AvgIpc) is 2.24. The quantitative estimate of drug-likeness (QED) is 0.644. The molecule has 0 radical (unpaired) electrons. The Morgan fingerprint density at radius 3 is 3.00 bits per heavy atom. The maximum Gasteiger partial charge on any atom is 0.238 e. The molecule has 0 bridgehead atoms. The molecule has 3 nitrogen and oxygen atoms in total. The van der Waals surface area contributed by atoms with Crippen molar-refractivity contribution >= 4 is 27.5 Å². The van der Waals surface area contributed by atoms with Crippen LogP contribution in [0.1, 0.15) is 0 Å². The highest BCUT2D eigenvalue weighted by Gasteiger charge is 2.06. The summed E-state index contributed by atoms with van der Waals surface area (Å²) in [5.41, 5.74) is 0.166. The first-order valence-corrected chi connectivity index (χ1v) is 5.49. The first-order chi connectivity index (χ1) is 7.63. The van der Waals surface area contributed by atoms with Crippen LogP contribution in [0.2, 0.25) is 0 Å².